The zero-order valence-electron chi connectivity index (χ0n) is 38.8. The Bertz CT molecular complexity index is 4610. The molecule has 5 nitrogen and oxygen atoms in total. The van der Waals surface area contributed by atoms with Crippen LogP contribution in [-0.4, -0.2) is 19.5 Å². The summed E-state index contributed by atoms with van der Waals surface area (Å²) in [5.74, 6) is 1.68. The van der Waals surface area contributed by atoms with E-state index in [9.17, 15) is 0 Å². The minimum absolute atomic E-state index is 0.536. The van der Waals surface area contributed by atoms with Crippen molar-refractivity contribution in [2.24, 2.45) is 0 Å². The van der Waals surface area contributed by atoms with Gasteiger partial charge in [0.1, 0.15) is 11.2 Å². The van der Waals surface area contributed by atoms with Crippen LogP contribution in [0.4, 0.5) is 0 Å². The molecule has 10 aromatic carbocycles. The second-order valence-corrected chi connectivity index (χ2v) is 19.7. The van der Waals surface area contributed by atoms with Gasteiger partial charge in [0.05, 0.1) is 11.0 Å². The van der Waals surface area contributed by atoms with E-state index >= 15 is 0 Å². The first-order valence-corrected chi connectivity index (χ1v) is 25.2. The molecule has 4 heterocycles. The smallest absolute Gasteiger partial charge is 0.238 e. The van der Waals surface area contributed by atoms with E-state index in [0.29, 0.717) is 17.6 Å². The number of thiophene rings is 1. The molecule has 336 valence electrons. The summed E-state index contributed by atoms with van der Waals surface area (Å²) >= 11 is 1.85. The summed E-state index contributed by atoms with van der Waals surface area (Å²) in [6.45, 7) is 0. The SMILES string of the molecule is C1=Cc2c(c3c4cccc(-c5cccc(-c6cccc(-c7ccc8sc9ccccc9c8c7)c6)c5)c4n(-c4nc(-c5ccccc5)nc(-c5ccc6c(c5)oc5ccccc56)n4)c3c3ccccc23)C=CC1. The van der Waals surface area contributed by atoms with Gasteiger partial charge in [0, 0.05) is 63.8 Å². The molecule has 15 rings (SSSR count). The quantitative estimate of drug-likeness (QED) is 0.167. The second kappa shape index (κ2) is 16.2. The van der Waals surface area contributed by atoms with Crippen molar-refractivity contribution in [3.63, 3.8) is 0 Å². The number of hydrogen-bond donors (Lipinski definition) is 0. The van der Waals surface area contributed by atoms with E-state index in [1.807, 2.05) is 47.7 Å². The van der Waals surface area contributed by atoms with Gasteiger partial charge in [0.15, 0.2) is 11.6 Å². The van der Waals surface area contributed by atoms with Crippen molar-refractivity contribution in [3.8, 4) is 62.1 Å². The highest BCUT2D eigenvalue weighted by molar-refractivity contribution is 7.25. The summed E-state index contributed by atoms with van der Waals surface area (Å²) in [5.41, 5.74) is 14.7. The van der Waals surface area contributed by atoms with Crippen LogP contribution in [0.15, 0.2) is 223 Å². The Morgan fingerprint density at radius 1 is 0.375 bits per heavy atom. The van der Waals surface area contributed by atoms with Crippen LogP contribution < -0.4 is 0 Å². The van der Waals surface area contributed by atoms with Crippen LogP contribution in [0.25, 0.3) is 149 Å². The average Bonchev–Trinajstić information content (AvgIpc) is 4.06. The fourth-order valence-corrected chi connectivity index (χ4v) is 12.2. The Balaban J connectivity index is 0.977. The van der Waals surface area contributed by atoms with Gasteiger partial charge in [-0.2, -0.15) is 9.97 Å². The first-order valence-electron chi connectivity index (χ1n) is 24.4. The Hall–Kier alpha value is -9.23. The lowest BCUT2D eigenvalue weighted by Crippen LogP contribution is -2.07. The number of nitrogens with zero attached hydrogens (tertiary/aromatic N) is 4. The molecular weight excluding hydrogens is 897 g/mol. The molecule has 0 aliphatic heterocycles. The zero-order chi connectivity index (χ0) is 47.3. The average molecular weight is 937 g/mol. The van der Waals surface area contributed by atoms with E-state index in [2.05, 4.69) is 199 Å². The van der Waals surface area contributed by atoms with E-state index in [4.69, 9.17) is 19.4 Å². The predicted molar refractivity (Wildman–Crippen MR) is 302 cm³/mol. The minimum Gasteiger partial charge on any atom is -0.456 e. The van der Waals surface area contributed by atoms with Crippen LogP contribution in [0, 0.1) is 0 Å². The number of rotatable bonds is 6. The molecule has 14 aromatic rings. The number of benzene rings is 10. The van der Waals surface area contributed by atoms with Gasteiger partial charge in [-0.25, -0.2) is 4.98 Å². The molecule has 0 radical (unpaired) electrons. The number of para-hydroxylation sites is 2. The molecule has 6 heteroatoms. The highest BCUT2D eigenvalue weighted by Crippen LogP contribution is 2.46. The largest absolute Gasteiger partial charge is 0.456 e. The van der Waals surface area contributed by atoms with Crippen LogP contribution in [0.5, 0.6) is 0 Å². The molecule has 0 atom stereocenters. The molecule has 4 aromatic heterocycles. The standard InChI is InChI=1S/C66H40N4OS/c1-3-16-40(17-4-1)64-67-65(46-32-34-51-50-24-9-11-30-57(50)71-58(51)39-46)69-66(68-64)70-62-47(28-15-29-55(62)61-53-26-6-2-5-22-48(53)49-23-7-8-27-54(49)63(61)70)45-21-14-20-43(37-45)41-18-13-19-42(36-41)44-33-35-60-56(38-44)52-25-10-12-31-59(52)72-60/h1,3-39H,2H2. The highest BCUT2D eigenvalue weighted by atomic mass is 32.1. The lowest BCUT2D eigenvalue weighted by atomic mass is 9.92. The Morgan fingerprint density at radius 2 is 0.972 bits per heavy atom. The Labute approximate surface area is 417 Å². The number of furan rings is 1. The van der Waals surface area contributed by atoms with Gasteiger partial charge in [-0.3, -0.25) is 4.57 Å². The summed E-state index contributed by atoms with van der Waals surface area (Å²) < 4.78 is 11.4. The van der Waals surface area contributed by atoms with E-state index in [-0.39, 0.29) is 0 Å². The number of fused-ring (bicyclic) bond motifs is 14. The molecule has 1 aliphatic carbocycles. The molecule has 0 bridgehead atoms. The summed E-state index contributed by atoms with van der Waals surface area (Å²) in [6.07, 6.45) is 9.99. The van der Waals surface area contributed by atoms with Crippen molar-refractivity contribution in [2.75, 3.05) is 0 Å². The number of hydrogen-bond acceptors (Lipinski definition) is 5. The molecular formula is C66H40N4OS. The fraction of sp³-hybridized carbons (Fsp3) is 0.0152. The lowest BCUT2D eigenvalue weighted by Gasteiger charge is -2.15. The third-order valence-electron chi connectivity index (χ3n) is 14.4. The maximum atomic E-state index is 6.43. The van der Waals surface area contributed by atoms with Crippen LogP contribution in [-0.2, 0) is 0 Å². The molecule has 0 unspecified atom stereocenters. The first kappa shape index (κ1) is 40.6. The monoisotopic (exact) mass is 936 g/mol. The minimum atomic E-state index is 0.536. The van der Waals surface area contributed by atoms with Crippen molar-refractivity contribution >= 4 is 98.2 Å². The van der Waals surface area contributed by atoms with E-state index in [1.165, 1.54) is 47.8 Å². The third kappa shape index (κ3) is 6.43. The zero-order valence-corrected chi connectivity index (χ0v) is 39.6. The van der Waals surface area contributed by atoms with Gasteiger partial charge >= 0.3 is 0 Å². The molecule has 0 spiro atoms. The van der Waals surface area contributed by atoms with Gasteiger partial charge < -0.3 is 4.42 Å². The normalized spacial score (nSPS) is 12.6. The maximum Gasteiger partial charge on any atom is 0.238 e. The second-order valence-electron chi connectivity index (χ2n) is 18.6. The van der Waals surface area contributed by atoms with Crippen molar-refractivity contribution in [1.29, 1.82) is 0 Å². The molecule has 0 saturated carbocycles. The van der Waals surface area contributed by atoms with Gasteiger partial charge in [0.25, 0.3) is 0 Å². The highest BCUT2D eigenvalue weighted by Gasteiger charge is 2.26. The van der Waals surface area contributed by atoms with Gasteiger partial charge in [-0.1, -0.05) is 182 Å². The number of allylic oxidation sites excluding steroid dienone is 2. The summed E-state index contributed by atoms with van der Waals surface area (Å²) in [4.78, 5) is 16.2. The summed E-state index contributed by atoms with van der Waals surface area (Å²) in [5, 5.41) is 9.32. The molecule has 0 N–H and O–H groups in total. The van der Waals surface area contributed by atoms with Crippen molar-refractivity contribution in [3.05, 3.63) is 230 Å². The lowest BCUT2D eigenvalue weighted by molar-refractivity contribution is 0.669. The van der Waals surface area contributed by atoms with Crippen LogP contribution in [0.2, 0.25) is 0 Å². The molecule has 72 heavy (non-hydrogen) atoms. The molecule has 0 saturated heterocycles. The van der Waals surface area contributed by atoms with Gasteiger partial charge in [0.2, 0.25) is 5.95 Å². The first-order chi connectivity index (χ1) is 35.7. The van der Waals surface area contributed by atoms with E-state index in [0.717, 1.165) is 88.9 Å². The van der Waals surface area contributed by atoms with E-state index in [1.54, 1.807) is 0 Å². The summed E-state index contributed by atoms with van der Waals surface area (Å²) in [7, 11) is 0. The van der Waals surface area contributed by atoms with Crippen molar-refractivity contribution < 1.29 is 4.42 Å². The van der Waals surface area contributed by atoms with Crippen LogP contribution >= 0.6 is 11.3 Å². The van der Waals surface area contributed by atoms with Crippen LogP contribution in [0.3, 0.4) is 0 Å². The van der Waals surface area contributed by atoms with E-state index < -0.39 is 0 Å². The fourth-order valence-electron chi connectivity index (χ4n) is 11.1. The van der Waals surface area contributed by atoms with Crippen LogP contribution in [0.1, 0.15) is 17.5 Å². The number of aromatic nitrogens is 4. The molecule has 0 amide bonds. The Kier molecular flexibility index (Phi) is 9.13. The molecule has 1 aliphatic rings. The molecule has 0 fully saturated rings. The van der Waals surface area contributed by atoms with Crippen molar-refractivity contribution in [1.82, 2.24) is 19.5 Å². The predicted octanol–water partition coefficient (Wildman–Crippen LogP) is 18.2. The Morgan fingerprint density at radius 3 is 1.81 bits per heavy atom. The summed E-state index contributed by atoms with van der Waals surface area (Å²) in [6, 6.07) is 73.7. The maximum absolute atomic E-state index is 6.43. The van der Waals surface area contributed by atoms with Gasteiger partial charge in [-0.05, 0) is 99.3 Å². The van der Waals surface area contributed by atoms with Crippen molar-refractivity contribution in [2.45, 2.75) is 6.42 Å². The third-order valence-corrected chi connectivity index (χ3v) is 15.6. The van der Waals surface area contributed by atoms with Gasteiger partial charge in [-0.15, -0.1) is 11.3 Å². The topological polar surface area (TPSA) is 56.7 Å².